The van der Waals surface area contributed by atoms with E-state index in [9.17, 15) is 4.79 Å². The largest absolute Gasteiger partial charge is 0.494 e. The molecule has 1 saturated heterocycles. The van der Waals surface area contributed by atoms with Crippen LogP contribution in [0.2, 0.25) is 0 Å². The number of aliphatic carboxylic acids is 1. The second kappa shape index (κ2) is 8.03. The molecule has 1 aromatic rings. The number of carbonyl (C=O) groups is 1. The number of carboxylic acids is 1. The third-order valence-electron chi connectivity index (χ3n) is 3.97. The summed E-state index contributed by atoms with van der Waals surface area (Å²) in [4.78, 5) is 13.1. The Morgan fingerprint density at radius 2 is 1.95 bits per heavy atom. The van der Waals surface area contributed by atoms with Gasteiger partial charge in [0.05, 0.1) is 6.61 Å². The SMILES string of the molecule is CCCOc1ccc(CN2CCC(CC(=O)O)CC2)cc1. The van der Waals surface area contributed by atoms with Crippen molar-refractivity contribution in [2.24, 2.45) is 5.92 Å². The zero-order chi connectivity index (χ0) is 15.1. The van der Waals surface area contributed by atoms with Gasteiger partial charge in [0, 0.05) is 13.0 Å². The van der Waals surface area contributed by atoms with E-state index in [2.05, 4.69) is 24.0 Å². The molecule has 1 fully saturated rings. The predicted molar refractivity (Wildman–Crippen MR) is 82.5 cm³/mol. The van der Waals surface area contributed by atoms with Gasteiger partial charge in [-0.25, -0.2) is 0 Å². The summed E-state index contributed by atoms with van der Waals surface area (Å²) in [6.45, 7) is 5.78. The van der Waals surface area contributed by atoms with Crippen molar-refractivity contribution in [1.29, 1.82) is 0 Å². The van der Waals surface area contributed by atoms with Crippen LogP contribution < -0.4 is 4.74 Å². The number of hydrogen-bond acceptors (Lipinski definition) is 3. The van der Waals surface area contributed by atoms with E-state index in [1.165, 1.54) is 5.56 Å². The van der Waals surface area contributed by atoms with Crippen LogP contribution in [0.1, 0.15) is 38.2 Å². The van der Waals surface area contributed by atoms with Gasteiger partial charge in [-0.1, -0.05) is 19.1 Å². The quantitative estimate of drug-likeness (QED) is 0.838. The summed E-state index contributed by atoms with van der Waals surface area (Å²) < 4.78 is 5.58. The number of piperidine rings is 1. The fraction of sp³-hybridized carbons (Fsp3) is 0.588. The van der Waals surface area contributed by atoms with Crippen LogP contribution in [0.3, 0.4) is 0 Å². The number of ether oxygens (including phenoxy) is 1. The fourth-order valence-corrected chi connectivity index (χ4v) is 2.76. The highest BCUT2D eigenvalue weighted by molar-refractivity contribution is 5.67. The smallest absolute Gasteiger partial charge is 0.303 e. The third kappa shape index (κ3) is 5.38. The Labute approximate surface area is 126 Å². The van der Waals surface area contributed by atoms with Crippen LogP contribution in [-0.2, 0) is 11.3 Å². The van der Waals surface area contributed by atoms with Crippen molar-refractivity contribution in [2.75, 3.05) is 19.7 Å². The second-order valence-electron chi connectivity index (χ2n) is 5.81. The van der Waals surface area contributed by atoms with Gasteiger partial charge >= 0.3 is 5.97 Å². The van der Waals surface area contributed by atoms with E-state index in [0.29, 0.717) is 12.3 Å². The van der Waals surface area contributed by atoms with Crippen molar-refractivity contribution >= 4 is 5.97 Å². The van der Waals surface area contributed by atoms with E-state index in [4.69, 9.17) is 9.84 Å². The van der Waals surface area contributed by atoms with Gasteiger partial charge in [0.2, 0.25) is 0 Å². The number of hydrogen-bond donors (Lipinski definition) is 1. The molecule has 1 heterocycles. The first-order valence-electron chi connectivity index (χ1n) is 7.83. The van der Waals surface area contributed by atoms with Crippen molar-refractivity contribution in [3.63, 3.8) is 0 Å². The standard InChI is InChI=1S/C17H25NO3/c1-2-11-21-16-5-3-15(4-6-16)13-18-9-7-14(8-10-18)12-17(19)20/h3-6,14H,2,7-13H2,1H3,(H,19,20). The Bertz CT molecular complexity index is 436. The number of rotatable bonds is 7. The van der Waals surface area contributed by atoms with Gasteiger partial charge in [0.25, 0.3) is 0 Å². The lowest BCUT2D eigenvalue weighted by atomic mass is 9.93. The molecule has 0 unspecified atom stereocenters. The van der Waals surface area contributed by atoms with E-state index in [-0.39, 0.29) is 0 Å². The first kappa shape index (κ1) is 15.8. The summed E-state index contributed by atoms with van der Waals surface area (Å²) in [5.41, 5.74) is 1.29. The van der Waals surface area contributed by atoms with Crippen LogP contribution in [-0.4, -0.2) is 35.7 Å². The predicted octanol–water partition coefficient (Wildman–Crippen LogP) is 3.16. The molecule has 0 aromatic heterocycles. The Kier molecular flexibility index (Phi) is 6.05. The van der Waals surface area contributed by atoms with Crippen LogP contribution in [0, 0.1) is 5.92 Å². The molecule has 1 N–H and O–H groups in total. The van der Waals surface area contributed by atoms with Gasteiger partial charge < -0.3 is 9.84 Å². The molecule has 1 aromatic carbocycles. The highest BCUT2D eigenvalue weighted by atomic mass is 16.5. The minimum atomic E-state index is -0.670. The minimum absolute atomic E-state index is 0.317. The lowest BCUT2D eigenvalue weighted by Crippen LogP contribution is -2.33. The number of likely N-dealkylation sites (tertiary alicyclic amines) is 1. The zero-order valence-corrected chi connectivity index (χ0v) is 12.8. The molecule has 0 aliphatic carbocycles. The van der Waals surface area contributed by atoms with Crippen molar-refractivity contribution in [1.82, 2.24) is 4.90 Å². The molecule has 2 rings (SSSR count). The number of benzene rings is 1. The number of carboxylic acid groups (broad SMARTS) is 1. The molecular weight excluding hydrogens is 266 g/mol. The molecule has 21 heavy (non-hydrogen) atoms. The van der Waals surface area contributed by atoms with E-state index >= 15 is 0 Å². The topological polar surface area (TPSA) is 49.8 Å². The molecule has 0 atom stereocenters. The van der Waals surface area contributed by atoms with Crippen molar-refractivity contribution in [3.05, 3.63) is 29.8 Å². The average Bonchev–Trinajstić information content (AvgIpc) is 2.48. The summed E-state index contributed by atoms with van der Waals surface area (Å²) in [6.07, 6.45) is 3.32. The average molecular weight is 291 g/mol. The van der Waals surface area contributed by atoms with Crippen molar-refractivity contribution < 1.29 is 14.6 Å². The lowest BCUT2D eigenvalue weighted by Gasteiger charge is -2.31. The Hall–Kier alpha value is -1.55. The van der Waals surface area contributed by atoms with Gasteiger partial charge in [-0.2, -0.15) is 0 Å². The zero-order valence-electron chi connectivity index (χ0n) is 12.8. The Morgan fingerprint density at radius 1 is 1.29 bits per heavy atom. The molecule has 4 heteroatoms. The maximum atomic E-state index is 10.7. The first-order chi connectivity index (χ1) is 10.2. The first-order valence-corrected chi connectivity index (χ1v) is 7.83. The highest BCUT2D eigenvalue weighted by Crippen LogP contribution is 2.22. The second-order valence-corrected chi connectivity index (χ2v) is 5.81. The van der Waals surface area contributed by atoms with Gasteiger partial charge in [-0.05, 0) is 56.0 Å². The molecule has 4 nitrogen and oxygen atoms in total. The van der Waals surface area contributed by atoms with Crippen LogP contribution in [0.25, 0.3) is 0 Å². The maximum absolute atomic E-state index is 10.7. The Balaban J connectivity index is 1.76. The highest BCUT2D eigenvalue weighted by Gasteiger charge is 2.21. The third-order valence-corrected chi connectivity index (χ3v) is 3.97. The van der Waals surface area contributed by atoms with E-state index < -0.39 is 5.97 Å². The van der Waals surface area contributed by atoms with Gasteiger partial charge in [-0.3, -0.25) is 9.69 Å². The molecule has 0 radical (unpaired) electrons. The Morgan fingerprint density at radius 3 is 2.52 bits per heavy atom. The van der Waals surface area contributed by atoms with Crippen LogP contribution in [0.15, 0.2) is 24.3 Å². The van der Waals surface area contributed by atoms with Gasteiger partial charge in [-0.15, -0.1) is 0 Å². The fourth-order valence-electron chi connectivity index (χ4n) is 2.76. The summed E-state index contributed by atoms with van der Waals surface area (Å²) in [5, 5.41) is 8.83. The van der Waals surface area contributed by atoms with Crippen molar-refractivity contribution in [3.8, 4) is 5.75 Å². The molecule has 0 bridgehead atoms. The molecule has 1 aliphatic rings. The monoisotopic (exact) mass is 291 g/mol. The molecule has 0 saturated carbocycles. The summed E-state index contributed by atoms with van der Waals surface area (Å²) >= 11 is 0. The van der Waals surface area contributed by atoms with Crippen LogP contribution in [0.5, 0.6) is 5.75 Å². The lowest BCUT2D eigenvalue weighted by molar-refractivity contribution is -0.138. The van der Waals surface area contributed by atoms with Crippen LogP contribution >= 0.6 is 0 Å². The van der Waals surface area contributed by atoms with Crippen LogP contribution in [0.4, 0.5) is 0 Å². The molecule has 0 spiro atoms. The van der Waals surface area contributed by atoms with E-state index in [1.807, 2.05) is 12.1 Å². The molecule has 116 valence electrons. The molecule has 0 amide bonds. The molecular formula is C17H25NO3. The van der Waals surface area contributed by atoms with E-state index in [0.717, 1.165) is 51.3 Å². The van der Waals surface area contributed by atoms with Gasteiger partial charge in [0.15, 0.2) is 0 Å². The van der Waals surface area contributed by atoms with E-state index in [1.54, 1.807) is 0 Å². The number of nitrogens with zero attached hydrogens (tertiary/aromatic N) is 1. The van der Waals surface area contributed by atoms with Gasteiger partial charge in [0.1, 0.15) is 5.75 Å². The summed E-state index contributed by atoms with van der Waals surface area (Å²) in [6, 6.07) is 8.30. The summed E-state index contributed by atoms with van der Waals surface area (Å²) in [5.74, 6) is 0.612. The maximum Gasteiger partial charge on any atom is 0.303 e. The normalized spacial score (nSPS) is 16.8. The minimum Gasteiger partial charge on any atom is -0.494 e. The summed E-state index contributed by atoms with van der Waals surface area (Å²) in [7, 11) is 0. The molecule has 1 aliphatic heterocycles. The van der Waals surface area contributed by atoms with Crippen molar-refractivity contribution in [2.45, 2.75) is 39.2 Å².